The second kappa shape index (κ2) is 4.77. The number of methoxy groups -OCH3 is 2. The van der Waals surface area contributed by atoms with Crippen molar-refractivity contribution in [2.24, 2.45) is 0 Å². The van der Waals surface area contributed by atoms with E-state index in [0.29, 0.717) is 23.3 Å². The Hall–Kier alpha value is -1.58. The lowest BCUT2D eigenvalue weighted by atomic mass is 10.1. The average molecular weight is 212 g/mol. The maximum Gasteiger partial charge on any atom is 0.171 e. The number of rotatable bonds is 4. The van der Waals surface area contributed by atoms with Crippen LogP contribution in [0.25, 0.3) is 0 Å². The van der Waals surface area contributed by atoms with E-state index in [4.69, 9.17) is 9.47 Å². The molecular weight excluding hydrogens is 199 g/mol. The molecule has 0 saturated heterocycles. The molecule has 15 heavy (non-hydrogen) atoms. The van der Waals surface area contributed by atoms with Crippen molar-refractivity contribution >= 4 is 6.29 Å². The van der Waals surface area contributed by atoms with E-state index >= 15 is 0 Å². The molecule has 1 aromatic rings. The molecule has 1 unspecified atom stereocenters. The molecule has 0 spiro atoms. The Bertz CT molecular complexity index is 361. The summed E-state index contributed by atoms with van der Waals surface area (Å²) in [6.07, 6.45) is -0.531. The number of halogens is 1. The predicted octanol–water partition coefficient (Wildman–Crippen LogP) is 2.55. The van der Waals surface area contributed by atoms with Gasteiger partial charge in [-0.05, 0) is 24.6 Å². The molecule has 0 amide bonds. The van der Waals surface area contributed by atoms with Crippen LogP contribution in [0.2, 0.25) is 0 Å². The van der Waals surface area contributed by atoms with E-state index in [1.807, 2.05) is 0 Å². The zero-order valence-corrected chi connectivity index (χ0v) is 8.91. The molecule has 82 valence electrons. The summed E-state index contributed by atoms with van der Waals surface area (Å²) in [6, 6.07) is 2.98. The van der Waals surface area contributed by atoms with Crippen molar-refractivity contribution in [2.75, 3.05) is 14.2 Å². The minimum atomic E-state index is -1.15. The van der Waals surface area contributed by atoms with Gasteiger partial charge in [-0.15, -0.1) is 0 Å². The smallest absolute Gasteiger partial charge is 0.171 e. The van der Waals surface area contributed by atoms with E-state index in [0.717, 1.165) is 0 Å². The molecule has 0 aromatic heterocycles. The number of ether oxygens (including phenoxy) is 2. The first-order valence-corrected chi connectivity index (χ1v) is 4.49. The fourth-order valence-corrected chi connectivity index (χ4v) is 1.33. The molecule has 1 rings (SSSR count). The van der Waals surface area contributed by atoms with Crippen LogP contribution < -0.4 is 9.47 Å². The summed E-state index contributed by atoms with van der Waals surface area (Å²) in [7, 11) is 2.88. The minimum absolute atomic E-state index is 0.288. The van der Waals surface area contributed by atoms with Gasteiger partial charge in [0.05, 0.1) is 19.8 Å². The van der Waals surface area contributed by atoms with Gasteiger partial charge >= 0.3 is 0 Å². The highest BCUT2D eigenvalue weighted by Crippen LogP contribution is 2.34. The van der Waals surface area contributed by atoms with E-state index in [2.05, 4.69) is 0 Å². The molecule has 1 atom stereocenters. The molecule has 4 heteroatoms. The monoisotopic (exact) mass is 212 g/mol. The molecule has 0 N–H and O–H groups in total. The lowest BCUT2D eigenvalue weighted by Gasteiger charge is -2.12. The molecule has 0 radical (unpaired) electrons. The van der Waals surface area contributed by atoms with Gasteiger partial charge < -0.3 is 9.47 Å². The molecule has 0 saturated carbocycles. The van der Waals surface area contributed by atoms with E-state index in [1.54, 1.807) is 0 Å². The van der Waals surface area contributed by atoms with E-state index in [9.17, 15) is 9.18 Å². The number of alkyl halides is 1. The zero-order chi connectivity index (χ0) is 11.4. The summed E-state index contributed by atoms with van der Waals surface area (Å²) in [4.78, 5) is 10.8. The van der Waals surface area contributed by atoms with Crippen LogP contribution in [0.3, 0.4) is 0 Å². The quantitative estimate of drug-likeness (QED) is 0.719. The summed E-state index contributed by atoms with van der Waals surface area (Å²) >= 11 is 0. The lowest BCUT2D eigenvalue weighted by molar-refractivity contribution is 0.111. The third-order valence-electron chi connectivity index (χ3n) is 2.12. The van der Waals surface area contributed by atoms with Crippen LogP contribution in [-0.2, 0) is 0 Å². The number of hydrogen-bond acceptors (Lipinski definition) is 3. The van der Waals surface area contributed by atoms with Crippen LogP contribution >= 0.6 is 0 Å². The number of hydrogen-bond donors (Lipinski definition) is 0. The van der Waals surface area contributed by atoms with Crippen molar-refractivity contribution in [1.29, 1.82) is 0 Å². The second-order valence-corrected chi connectivity index (χ2v) is 3.08. The number of aldehydes is 1. The van der Waals surface area contributed by atoms with E-state index in [1.165, 1.54) is 33.3 Å². The first-order chi connectivity index (χ1) is 7.13. The van der Waals surface area contributed by atoms with Crippen LogP contribution in [0.1, 0.15) is 29.0 Å². The van der Waals surface area contributed by atoms with Gasteiger partial charge in [-0.2, -0.15) is 0 Å². The molecule has 1 aromatic carbocycles. The van der Waals surface area contributed by atoms with Crippen molar-refractivity contribution in [3.05, 3.63) is 23.3 Å². The van der Waals surface area contributed by atoms with E-state index in [-0.39, 0.29) is 5.56 Å². The minimum Gasteiger partial charge on any atom is -0.493 e. The molecule has 0 heterocycles. The van der Waals surface area contributed by atoms with Crippen LogP contribution in [0.4, 0.5) is 4.39 Å². The highest BCUT2D eigenvalue weighted by Gasteiger charge is 2.14. The molecule has 0 aliphatic rings. The molecule has 0 bridgehead atoms. The first-order valence-electron chi connectivity index (χ1n) is 4.49. The highest BCUT2D eigenvalue weighted by molar-refractivity contribution is 5.81. The van der Waals surface area contributed by atoms with Gasteiger partial charge in [0.2, 0.25) is 0 Å². The van der Waals surface area contributed by atoms with Crippen molar-refractivity contribution in [1.82, 2.24) is 0 Å². The normalized spacial score (nSPS) is 12.0. The van der Waals surface area contributed by atoms with Gasteiger partial charge in [0.25, 0.3) is 0 Å². The maximum atomic E-state index is 13.1. The third kappa shape index (κ3) is 2.26. The van der Waals surface area contributed by atoms with E-state index < -0.39 is 6.17 Å². The summed E-state index contributed by atoms with van der Waals surface area (Å²) in [6.45, 7) is 1.40. The number of benzene rings is 1. The van der Waals surface area contributed by atoms with Gasteiger partial charge in [0.1, 0.15) is 6.17 Å². The fraction of sp³-hybridized carbons (Fsp3) is 0.364. The molecular formula is C11H13FO3. The average Bonchev–Trinajstić information content (AvgIpc) is 2.26. The van der Waals surface area contributed by atoms with Crippen LogP contribution in [0, 0.1) is 0 Å². The number of carbonyl (C=O) groups is 1. The van der Waals surface area contributed by atoms with Gasteiger partial charge in [-0.25, -0.2) is 4.39 Å². The molecule has 0 aliphatic carbocycles. The Morgan fingerprint density at radius 2 is 2.00 bits per heavy atom. The topological polar surface area (TPSA) is 35.5 Å². The largest absolute Gasteiger partial charge is 0.493 e. The fourth-order valence-electron chi connectivity index (χ4n) is 1.33. The SMILES string of the molecule is COc1cc(C(C)F)cc(C=O)c1OC. The van der Waals surface area contributed by atoms with Gasteiger partial charge in [-0.3, -0.25) is 4.79 Å². The Morgan fingerprint density at radius 3 is 2.40 bits per heavy atom. The Balaban J connectivity index is 3.35. The molecule has 0 aliphatic heterocycles. The lowest BCUT2D eigenvalue weighted by Crippen LogP contribution is -1.98. The predicted molar refractivity (Wildman–Crippen MR) is 54.5 cm³/mol. The standard InChI is InChI=1S/C11H13FO3/c1-7(12)8-4-9(6-13)11(15-3)10(5-8)14-2/h4-7H,1-3H3. The molecule has 3 nitrogen and oxygen atoms in total. The van der Waals surface area contributed by atoms with Gasteiger partial charge in [0.15, 0.2) is 17.8 Å². The van der Waals surface area contributed by atoms with Crippen molar-refractivity contribution in [3.8, 4) is 11.5 Å². The number of carbonyl (C=O) groups excluding carboxylic acids is 1. The maximum absolute atomic E-state index is 13.1. The summed E-state index contributed by atoms with van der Waals surface area (Å²) in [5.41, 5.74) is 0.686. The molecule has 0 fully saturated rings. The third-order valence-corrected chi connectivity index (χ3v) is 2.12. The van der Waals surface area contributed by atoms with Crippen molar-refractivity contribution in [2.45, 2.75) is 13.1 Å². The van der Waals surface area contributed by atoms with Crippen LogP contribution in [0.5, 0.6) is 11.5 Å². The Labute approximate surface area is 87.8 Å². The van der Waals surface area contributed by atoms with Crippen molar-refractivity contribution < 1.29 is 18.7 Å². The summed E-state index contributed by atoms with van der Waals surface area (Å²) in [5, 5.41) is 0. The Morgan fingerprint density at radius 1 is 1.33 bits per heavy atom. The van der Waals surface area contributed by atoms with Crippen LogP contribution in [0.15, 0.2) is 12.1 Å². The van der Waals surface area contributed by atoms with Gasteiger partial charge in [-0.1, -0.05) is 0 Å². The van der Waals surface area contributed by atoms with Gasteiger partial charge in [0, 0.05) is 0 Å². The summed E-state index contributed by atoms with van der Waals surface area (Å²) < 4.78 is 23.1. The summed E-state index contributed by atoms with van der Waals surface area (Å²) in [5.74, 6) is 0.693. The van der Waals surface area contributed by atoms with Crippen LogP contribution in [-0.4, -0.2) is 20.5 Å². The highest BCUT2D eigenvalue weighted by atomic mass is 19.1. The van der Waals surface area contributed by atoms with Crippen molar-refractivity contribution in [3.63, 3.8) is 0 Å². The Kier molecular flexibility index (Phi) is 3.66. The zero-order valence-electron chi connectivity index (χ0n) is 8.91. The second-order valence-electron chi connectivity index (χ2n) is 3.08. The first kappa shape index (κ1) is 11.5.